The van der Waals surface area contributed by atoms with Crippen molar-refractivity contribution in [3.63, 3.8) is 0 Å². The van der Waals surface area contributed by atoms with Gasteiger partial charge in [0, 0.05) is 35.0 Å². The quantitative estimate of drug-likeness (QED) is 0.171. The summed E-state index contributed by atoms with van der Waals surface area (Å²) in [6.45, 7) is 0.500. The van der Waals surface area contributed by atoms with E-state index in [1.165, 1.54) is 0 Å². The number of halogens is 1. The van der Waals surface area contributed by atoms with Crippen molar-refractivity contribution in [2.24, 2.45) is 10.8 Å². The number of nitrogens with two attached hydrogens (primary N) is 1. The van der Waals surface area contributed by atoms with E-state index < -0.39 is 17.6 Å². The number of aliphatic hydroxyl groups is 1. The second kappa shape index (κ2) is 10.8. The van der Waals surface area contributed by atoms with Crippen molar-refractivity contribution in [2.45, 2.75) is 24.5 Å². The Morgan fingerprint density at radius 2 is 1.79 bits per heavy atom. The fourth-order valence-electron chi connectivity index (χ4n) is 3.98. The molecule has 34 heavy (non-hydrogen) atoms. The van der Waals surface area contributed by atoms with Gasteiger partial charge in [-0.2, -0.15) is 0 Å². The average molecular weight is 524 g/mol. The topological polar surface area (TPSA) is 106 Å². The van der Waals surface area contributed by atoms with Crippen LogP contribution in [-0.2, 0) is 16.0 Å². The maximum Gasteiger partial charge on any atom is 0.266 e. The van der Waals surface area contributed by atoms with Crippen molar-refractivity contribution >= 4 is 27.7 Å². The zero-order chi connectivity index (χ0) is 24.0. The molecule has 3 aromatic rings. The first-order valence-electron chi connectivity index (χ1n) is 11.0. The largest absolute Gasteiger partial charge is 0.494 e. The summed E-state index contributed by atoms with van der Waals surface area (Å²) in [7, 11) is 0. The average Bonchev–Trinajstić information content (AvgIpc) is 3.25. The first-order chi connectivity index (χ1) is 16.6. The van der Waals surface area contributed by atoms with Crippen LogP contribution in [-0.4, -0.2) is 35.7 Å². The molecule has 8 heteroatoms. The first-order valence-corrected chi connectivity index (χ1v) is 11.8. The molecule has 4 N–H and O–H groups in total. The molecule has 1 amide bonds. The van der Waals surface area contributed by atoms with Crippen molar-refractivity contribution in [2.75, 3.05) is 13.2 Å². The van der Waals surface area contributed by atoms with E-state index in [2.05, 4.69) is 21.4 Å². The molecule has 0 saturated carbocycles. The van der Waals surface area contributed by atoms with Gasteiger partial charge >= 0.3 is 0 Å². The number of ether oxygens (including phenoxy) is 2. The van der Waals surface area contributed by atoms with Crippen LogP contribution in [0, 0.1) is 0 Å². The van der Waals surface area contributed by atoms with Gasteiger partial charge in [-0.15, -0.1) is 0 Å². The second-order valence-corrected chi connectivity index (χ2v) is 8.80. The monoisotopic (exact) mass is 523 g/mol. The van der Waals surface area contributed by atoms with Gasteiger partial charge in [0.25, 0.3) is 5.91 Å². The zero-order valence-corrected chi connectivity index (χ0v) is 20.1. The lowest BCUT2D eigenvalue weighted by Gasteiger charge is -2.30. The highest BCUT2D eigenvalue weighted by Gasteiger charge is 2.53. The van der Waals surface area contributed by atoms with Crippen molar-refractivity contribution in [3.8, 4) is 5.75 Å². The van der Waals surface area contributed by atoms with E-state index in [0.29, 0.717) is 36.7 Å². The molecule has 4 rings (SSSR count). The summed E-state index contributed by atoms with van der Waals surface area (Å²) in [6, 6.07) is 24.6. The minimum Gasteiger partial charge on any atom is -0.494 e. The third kappa shape index (κ3) is 4.99. The molecule has 2 atom stereocenters. The summed E-state index contributed by atoms with van der Waals surface area (Å²) in [5, 5.41) is 8.93. The van der Waals surface area contributed by atoms with Gasteiger partial charge in [0.1, 0.15) is 5.75 Å². The Balaban J connectivity index is 1.75. The number of benzene rings is 3. The Morgan fingerprint density at radius 3 is 2.47 bits per heavy atom. The van der Waals surface area contributed by atoms with Crippen molar-refractivity contribution in [1.82, 2.24) is 5.43 Å². The number of aliphatic hydroxyl groups excluding tert-OH is 1. The van der Waals surface area contributed by atoms with Gasteiger partial charge in [0.15, 0.2) is 11.6 Å². The minimum absolute atomic E-state index is 0.0753. The van der Waals surface area contributed by atoms with E-state index in [1.54, 1.807) is 0 Å². The van der Waals surface area contributed by atoms with Crippen LogP contribution in [0.1, 0.15) is 29.2 Å². The number of nitrogens with one attached hydrogen (secondary N) is 1. The number of amides is 1. The Bertz CT molecular complexity index is 1150. The summed E-state index contributed by atoms with van der Waals surface area (Å²) in [4.78, 5) is 18.2. The maximum absolute atomic E-state index is 13.3. The summed E-state index contributed by atoms with van der Waals surface area (Å²) in [6.07, 6.45) is 0.151. The highest BCUT2D eigenvalue weighted by atomic mass is 79.9. The molecule has 0 aromatic heterocycles. The van der Waals surface area contributed by atoms with E-state index in [1.807, 2.05) is 78.9 Å². The molecule has 0 saturated heterocycles. The number of aliphatic imine (C=N–C) groups is 1. The maximum atomic E-state index is 13.3. The number of rotatable bonds is 9. The van der Waals surface area contributed by atoms with Gasteiger partial charge in [0.2, 0.25) is 5.90 Å². The van der Waals surface area contributed by atoms with Crippen molar-refractivity contribution < 1.29 is 19.4 Å². The summed E-state index contributed by atoms with van der Waals surface area (Å²) in [5.74, 6) is 6.25. The van der Waals surface area contributed by atoms with Gasteiger partial charge in [-0.3, -0.25) is 10.2 Å². The molecule has 0 fully saturated rings. The fourth-order valence-corrected chi connectivity index (χ4v) is 4.47. The Kier molecular flexibility index (Phi) is 7.62. The van der Waals surface area contributed by atoms with Gasteiger partial charge in [-0.1, -0.05) is 64.5 Å². The van der Waals surface area contributed by atoms with Crippen LogP contribution >= 0.6 is 15.9 Å². The molecule has 176 valence electrons. The third-order valence-corrected chi connectivity index (χ3v) is 6.39. The molecule has 1 heterocycles. The first kappa shape index (κ1) is 23.9. The van der Waals surface area contributed by atoms with Crippen LogP contribution in [0.4, 0.5) is 0 Å². The van der Waals surface area contributed by atoms with Crippen LogP contribution in [0.2, 0.25) is 0 Å². The minimum atomic E-state index is -1.31. The van der Waals surface area contributed by atoms with E-state index in [4.69, 9.17) is 25.4 Å². The van der Waals surface area contributed by atoms with Crippen LogP contribution in [0.5, 0.6) is 5.75 Å². The summed E-state index contributed by atoms with van der Waals surface area (Å²) in [5.41, 5.74) is 3.45. The number of hydrogen-bond donors (Lipinski definition) is 3. The highest BCUT2D eigenvalue weighted by Crippen LogP contribution is 2.44. The lowest BCUT2D eigenvalue weighted by atomic mass is 9.82. The van der Waals surface area contributed by atoms with Gasteiger partial charge in [-0.05, 0) is 35.9 Å². The molecule has 1 aliphatic rings. The number of carbonyl (C=O) groups is 1. The summed E-state index contributed by atoms with van der Waals surface area (Å²) >= 11 is 3.60. The van der Waals surface area contributed by atoms with E-state index in [-0.39, 0.29) is 6.61 Å². The number of hydrogen-bond acceptors (Lipinski definition) is 6. The Labute approximate surface area is 206 Å². The molecular weight excluding hydrogens is 498 g/mol. The standard InChI is InChI=1S/C26H26BrN3O4/c27-22-10-5-4-9-21(22)23-26(25(32)30-28,17-18-7-2-1-3-8-18)29-24(34-23)19-11-13-20(14-12-19)33-16-6-15-31/h1-5,7-14,23,31H,6,15-17,28H2,(H,30,32)/t23-,26-/m0/s1. The molecule has 0 radical (unpaired) electrons. The molecule has 1 aliphatic heterocycles. The molecule has 0 aliphatic carbocycles. The van der Waals surface area contributed by atoms with Crippen molar-refractivity contribution in [1.29, 1.82) is 0 Å². The van der Waals surface area contributed by atoms with Gasteiger partial charge < -0.3 is 14.6 Å². The Morgan fingerprint density at radius 1 is 1.09 bits per heavy atom. The van der Waals surface area contributed by atoms with Crippen molar-refractivity contribution in [3.05, 3.63) is 100 Å². The van der Waals surface area contributed by atoms with Crippen LogP contribution in [0.25, 0.3) is 0 Å². The lowest BCUT2D eigenvalue weighted by Crippen LogP contribution is -2.52. The number of hydrazine groups is 1. The third-order valence-electron chi connectivity index (χ3n) is 5.67. The van der Waals surface area contributed by atoms with Crippen LogP contribution in [0.3, 0.4) is 0 Å². The molecule has 0 unspecified atom stereocenters. The molecular formula is C26H26BrN3O4. The van der Waals surface area contributed by atoms with Gasteiger partial charge in [-0.25, -0.2) is 10.8 Å². The zero-order valence-electron chi connectivity index (χ0n) is 18.5. The van der Waals surface area contributed by atoms with Crippen LogP contribution < -0.4 is 16.0 Å². The molecule has 3 aromatic carbocycles. The van der Waals surface area contributed by atoms with E-state index in [9.17, 15) is 4.79 Å². The predicted molar refractivity (Wildman–Crippen MR) is 133 cm³/mol. The molecule has 0 spiro atoms. The van der Waals surface area contributed by atoms with Crippen LogP contribution in [0.15, 0.2) is 88.3 Å². The van der Waals surface area contributed by atoms with Gasteiger partial charge in [0.05, 0.1) is 6.61 Å². The lowest BCUT2D eigenvalue weighted by molar-refractivity contribution is -0.129. The fraction of sp³-hybridized carbons (Fsp3) is 0.231. The number of carbonyl (C=O) groups excluding carboxylic acids is 1. The second-order valence-electron chi connectivity index (χ2n) is 7.95. The Hall–Kier alpha value is -3.20. The number of nitrogens with zero attached hydrogens (tertiary/aromatic N) is 1. The normalized spacial score (nSPS) is 19.3. The van der Waals surface area contributed by atoms with E-state index in [0.717, 1.165) is 15.6 Å². The summed E-state index contributed by atoms with van der Waals surface area (Å²) < 4.78 is 12.8. The SMILES string of the molecule is NNC(=O)[C@@]1(Cc2ccccc2)N=C(c2ccc(OCCCO)cc2)O[C@H]1c1ccccc1Br. The molecule has 0 bridgehead atoms. The highest BCUT2D eigenvalue weighted by molar-refractivity contribution is 9.10. The predicted octanol–water partition coefficient (Wildman–Crippen LogP) is 3.70. The van der Waals surface area contributed by atoms with E-state index >= 15 is 0 Å². The molecule has 7 nitrogen and oxygen atoms in total. The smallest absolute Gasteiger partial charge is 0.266 e.